The van der Waals surface area contributed by atoms with Gasteiger partial charge < -0.3 is 4.74 Å². The van der Waals surface area contributed by atoms with Crippen LogP contribution >= 0.6 is 15.9 Å². The number of ketones is 1. The van der Waals surface area contributed by atoms with Crippen LogP contribution in [0.25, 0.3) is 0 Å². The number of carbonyl (C=O) groups excluding carboxylic acids is 1. The van der Waals surface area contributed by atoms with Crippen molar-refractivity contribution in [1.82, 2.24) is 9.78 Å². The third-order valence-electron chi connectivity index (χ3n) is 2.60. The van der Waals surface area contributed by atoms with Gasteiger partial charge in [-0.1, -0.05) is 6.07 Å². The number of halogens is 1. The highest BCUT2D eigenvalue weighted by atomic mass is 79.9. The molecule has 0 amide bonds. The molecule has 0 aliphatic heterocycles. The van der Waals surface area contributed by atoms with Gasteiger partial charge in [0.05, 0.1) is 29.9 Å². The van der Waals surface area contributed by atoms with Crippen molar-refractivity contribution in [2.75, 3.05) is 7.11 Å². The van der Waals surface area contributed by atoms with Gasteiger partial charge in [0.25, 0.3) is 0 Å². The number of benzene rings is 1. The van der Waals surface area contributed by atoms with Gasteiger partial charge in [-0.05, 0) is 40.5 Å². The summed E-state index contributed by atoms with van der Waals surface area (Å²) in [5.41, 5.74) is 1.71. The lowest BCUT2D eigenvalue weighted by Gasteiger charge is -2.06. The van der Waals surface area contributed by atoms with E-state index in [9.17, 15) is 4.79 Å². The van der Waals surface area contributed by atoms with Gasteiger partial charge in [-0.2, -0.15) is 5.10 Å². The highest BCUT2D eigenvalue weighted by molar-refractivity contribution is 9.10. The normalized spacial score (nSPS) is 10.4. The van der Waals surface area contributed by atoms with Crippen LogP contribution < -0.4 is 4.74 Å². The monoisotopic (exact) mass is 308 g/mol. The average Bonchev–Trinajstić information content (AvgIpc) is 2.78. The quantitative estimate of drug-likeness (QED) is 0.816. The molecule has 1 aromatic carbocycles. The molecule has 0 N–H and O–H groups in total. The van der Waals surface area contributed by atoms with Gasteiger partial charge in [0.2, 0.25) is 0 Å². The Labute approximate surface area is 114 Å². The number of hydrogen-bond donors (Lipinski definition) is 0. The van der Waals surface area contributed by atoms with Crippen molar-refractivity contribution in [3.63, 3.8) is 0 Å². The third-order valence-corrected chi connectivity index (χ3v) is 3.22. The van der Waals surface area contributed by atoms with Crippen LogP contribution in [0.4, 0.5) is 0 Å². The van der Waals surface area contributed by atoms with E-state index in [0.29, 0.717) is 12.1 Å². The summed E-state index contributed by atoms with van der Waals surface area (Å²) in [5.74, 6) is 0.820. The van der Waals surface area contributed by atoms with Gasteiger partial charge in [-0.25, -0.2) is 0 Å². The zero-order valence-electron chi connectivity index (χ0n) is 10.2. The molecule has 0 fully saturated rings. The Bertz CT molecular complexity index is 578. The average molecular weight is 309 g/mol. The van der Waals surface area contributed by atoms with Gasteiger partial charge in [0.1, 0.15) is 5.75 Å². The molecule has 5 heteroatoms. The summed E-state index contributed by atoms with van der Waals surface area (Å²) in [6.07, 6.45) is 3.33. The van der Waals surface area contributed by atoms with Gasteiger partial charge in [-0.3, -0.25) is 9.48 Å². The molecule has 1 aromatic heterocycles. The van der Waals surface area contributed by atoms with Crippen LogP contribution in [-0.4, -0.2) is 22.7 Å². The number of nitrogens with zero attached hydrogens (tertiary/aromatic N) is 2. The molecular formula is C13H13BrN2O2. The SMILES string of the molecule is COc1ccc(Cn2cc(C(C)=O)cn2)cc1Br. The maximum absolute atomic E-state index is 11.2. The smallest absolute Gasteiger partial charge is 0.162 e. The summed E-state index contributed by atoms with van der Waals surface area (Å²) in [5, 5.41) is 4.15. The first-order valence-electron chi connectivity index (χ1n) is 5.46. The highest BCUT2D eigenvalue weighted by Crippen LogP contribution is 2.25. The number of carbonyl (C=O) groups is 1. The Morgan fingerprint density at radius 3 is 2.83 bits per heavy atom. The summed E-state index contributed by atoms with van der Waals surface area (Å²) in [6.45, 7) is 2.15. The van der Waals surface area contributed by atoms with E-state index >= 15 is 0 Å². The van der Waals surface area contributed by atoms with Crippen LogP contribution in [-0.2, 0) is 6.54 Å². The van der Waals surface area contributed by atoms with Crippen molar-refractivity contribution in [1.29, 1.82) is 0 Å². The molecule has 0 saturated carbocycles. The van der Waals surface area contributed by atoms with E-state index < -0.39 is 0 Å². The van der Waals surface area contributed by atoms with Gasteiger partial charge in [0.15, 0.2) is 5.78 Å². The van der Waals surface area contributed by atoms with E-state index in [1.807, 2.05) is 18.2 Å². The van der Waals surface area contributed by atoms with Crippen molar-refractivity contribution in [2.24, 2.45) is 0 Å². The molecular weight excluding hydrogens is 296 g/mol. The Morgan fingerprint density at radius 1 is 1.50 bits per heavy atom. The van der Waals surface area contributed by atoms with Crippen molar-refractivity contribution < 1.29 is 9.53 Å². The zero-order chi connectivity index (χ0) is 13.1. The molecule has 0 aliphatic carbocycles. The van der Waals surface area contributed by atoms with E-state index in [-0.39, 0.29) is 5.78 Å². The lowest BCUT2D eigenvalue weighted by atomic mass is 10.2. The number of ether oxygens (including phenoxy) is 1. The van der Waals surface area contributed by atoms with Crippen LogP contribution in [0.15, 0.2) is 35.1 Å². The Balaban J connectivity index is 2.18. The Hall–Kier alpha value is -1.62. The first-order valence-corrected chi connectivity index (χ1v) is 6.25. The summed E-state index contributed by atoms with van der Waals surface area (Å²) in [6, 6.07) is 5.85. The first kappa shape index (κ1) is 12.8. The number of rotatable bonds is 4. The number of hydrogen-bond acceptors (Lipinski definition) is 3. The fourth-order valence-corrected chi connectivity index (χ4v) is 2.22. The van der Waals surface area contributed by atoms with E-state index in [0.717, 1.165) is 15.8 Å². The Morgan fingerprint density at radius 2 is 2.28 bits per heavy atom. The minimum Gasteiger partial charge on any atom is -0.496 e. The van der Waals surface area contributed by atoms with Crippen molar-refractivity contribution in [3.8, 4) is 5.75 Å². The minimum absolute atomic E-state index is 0.0251. The van der Waals surface area contributed by atoms with E-state index in [2.05, 4.69) is 21.0 Å². The Kier molecular flexibility index (Phi) is 3.81. The van der Waals surface area contributed by atoms with Gasteiger partial charge >= 0.3 is 0 Å². The van der Waals surface area contributed by atoms with Crippen LogP contribution in [0, 0.1) is 0 Å². The second-order valence-electron chi connectivity index (χ2n) is 3.95. The first-order chi connectivity index (χ1) is 8.60. The molecule has 0 spiro atoms. The molecule has 0 bridgehead atoms. The lowest BCUT2D eigenvalue weighted by Crippen LogP contribution is -2.00. The highest BCUT2D eigenvalue weighted by Gasteiger charge is 2.05. The maximum atomic E-state index is 11.2. The van der Waals surface area contributed by atoms with Gasteiger partial charge in [0, 0.05) is 6.20 Å². The molecule has 18 heavy (non-hydrogen) atoms. The standard InChI is InChI=1S/C13H13BrN2O2/c1-9(17)11-6-15-16(8-11)7-10-3-4-13(18-2)12(14)5-10/h3-6,8H,7H2,1-2H3. The fraction of sp³-hybridized carbons (Fsp3) is 0.231. The van der Waals surface area contributed by atoms with Crippen molar-refractivity contribution in [2.45, 2.75) is 13.5 Å². The van der Waals surface area contributed by atoms with E-state index in [1.54, 1.807) is 24.2 Å². The number of Topliss-reactive ketones (excluding diaryl/α,β-unsaturated/α-hetero) is 1. The molecule has 0 aliphatic rings. The van der Waals surface area contributed by atoms with Crippen LogP contribution in [0.1, 0.15) is 22.8 Å². The molecule has 1 heterocycles. The number of methoxy groups -OCH3 is 1. The fourth-order valence-electron chi connectivity index (χ4n) is 1.63. The summed E-state index contributed by atoms with van der Waals surface area (Å²) in [4.78, 5) is 11.2. The molecule has 0 saturated heterocycles. The second kappa shape index (κ2) is 5.35. The van der Waals surface area contributed by atoms with Crippen molar-refractivity contribution in [3.05, 3.63) is 46.2 Å². The van der Waals surface area contributed by atoms with Crippen LogP contribution in [0.5, 0.6) is 5.75 Å². The van der Waals surface area contributed by atoms with Crippen LogP contribution in [0.2, 0.25) is 0 Å². The molecule has 2 rings (SSSR count). The van der Waals surface area contributed by atoms with Crippen molar-refractivity contribution >= 4 is 21.7 Å². The molecule has 94 valence electrons. The molecule has 2 aromatic rings. The van der Waals surface area contributed by atoms with Crippen LogP contribution in [0.3, 0.4) is 0 Å². The minimum atomic E-state index is 0.0251. The topological polar surface area (TPSA) is 44.1 Å². The molecule has 0 atom stereocenters. The summed E-state index contributed by atoms with van der Waals surface area (Å²) in [7, 11) is 1.63. The third kappa shape index (κ3) is 2.79. The second-order valence-corrected chi connectivity index (χ2v) is 4.81. The predicted octanol–water partition coefficient (Wildman–Crippen LogP) is 2.91. The zero-order valence-corrected chi connectivity index (χ0v) is 11.8. The number of aromatic nitrogens is 2. The summed E-state index contributed by atoms with van der Waals surface area (Å²) >= 11 is 3.44. The summed E-state index contributed by atoms with van der Waals surface area (Å²) < 4.78 is 7.82. The van der Waals surface area contributed by atoms with E-state index in [4.69, 9.17) is 4.74 Å². The van der Waals surface area contributed by atoms with Gasteiger partial charge in [-0.15, -0.1) is 0 Å². The van der Waals surface area contributed by atoms with E-state index in [1.165, 1.54) is 6.92 Å². The maximum Gasteiger partial charge on any atom is 0.162 e. The lowest BCUT2D eigenvalue weighted by molar-refractivity contribution is 0.101. The predicted molar refractivity (Wildman–Crippen MR) is 72.0 cm³/mol. The largest absolute Gasteiger partial charge is 0.496 e. The molecule has 4 nitrogen and oxygen atoms in total. The molecule has 0 unspecified atom stereocenters. The molecule has 0 radical (unpaired) electrons.